The lowest BCUT2D eigenvalue weighted by atomic mass is 10.0. The van der Waals surface area contributed by atoms with Gasteiger partial charge in [-0.05, 0) is 37.0 Å². The first-order valence-corrected chi connectivity index (χ1v) is 9.17. The number of nitrogens with one attached hydrogen (secondary N) is 1. The van der Waals surface area contributed by atoms with Gasteiger partial charge in [0.05, 0.1) is 5.69 Å². The van der Waals surface area contributed by atoms with E-state index >= 15 is 0 Å². The number of benzene rings is 1. The maximum Gasteiger partial charge on any atom is 0.186 e. The fourth-order valence-electron chi connectivity index (χ4n) is 3.03. The fraction of sp³-hybridized carbons (Fsp3) is 0.444. The van der Waals surface area contributed by atoms with Crippen molar-refractivity contribution in [1.82, 2.24) is 14.9 Å². The molecule has 1 aliphatic rings. The second-order valence-electron chi connectivity index (χ2n) is 6.16. The molecule has 0 spiro atoms. The molecular weight excluding hydrogens is 371 g/mol. The molecule has 0 saturated carbocycles. The van der Waals surface area contributed by atoms with E-state index < -0.39 is 0 Å². The number of aromatic nitrogens is 2. The van der Waals surface area contributed by atoms with Gasteiger partial charge in [-0.25, -0.2) is 14.4 Å². The van der Waals surface area contributed by atoms with Crippen molar-refractivity contribution in [3.63, 3.8) is 0 Å². The maximum absolute atomic E-state index is 14.2. The fourth-order valence-corrected chi connectivity index (χ4v) is 3.29. The standard InChI is InChI=1S/C18H22BrFN4/c1-2-16-17(20)18(22-12-21-16)23-15-7-9-24(10-8-15)11-13-3-5-14(19)6-4-13/h3-6,12,15H,2,7-11H2,1H3,(H,21,22,23). The highest BCUT2D eigenvalue weighted by atomic mass is 79.9. The molecule has 0 bridgehead atoms. The van der Waals surface area contributed by atoms with Crippen LogP contribution in [0.5, 0.6) is 0 Å². The largest absolute Gasteiger partial charge is 0.365 e. The van der Waals surface area contributed by atoms with Gasteiger partial charge in [0, 0.05) is 30.1 Å². The monoisotopic (exact) mass is 392 g/mol. The molecule has 0 amide bonds. The molecule has 1 aliphatic heterocycles. The first-order valence-electron chi connectivity index (χ1n) is 8.38. The van der Waals surface area contributed by atoms with Crippen molar-refractivity contribution in [2.45, 2.75) is 38.8 Å². The zero-order valence-corrected chi connectivity index (χ0v) is 15.4. The Morgan fingerprint density at radius 2 is 1.92 bits per heavy atom. The minimum absolute atomic E-state index is 0.264. The smallest absolute Gasteiger partial charge is 0.186 e. The van der Waals surface area contributed by atoms with Crippen LogP contribution in [-0.4, -0.2) is 34.0 Å². The molecule has 24 heavy (non-hydrogen) atoms. The van der Waals surface area contributed by atoms with Crippen LogP contribution >= 0.6 is 15.9 Å². The highest BCUT2D eigenvalue weighted by Crippen LogP contribution is 2.20. The molecule has 1 N–H and O–H groups in total. The second kappa shape index (κ2) is 8.03. The number of hydrogen-bond donors (Lipinski definition) is 1. The Morgan fingerprint density at radius 3 is 2.58 bits per heavy atom. The molecule has 0 aliphatic carbocycles. The molecule has 1 fully saturated rings. The number of likely N-dealkylation sites (tertiary alicyclic amines) is 1. The summed E-state index contributed by atoms with van der Waals surface area (Å²) in [7, 11) is 0. The van der Waals surface area contributed by atoms with Crippen molar-refractivity contribution in [3.05, 3.63) is 52.1 Å². The molecule has 0 radical (unpaired) electrons. The topological polar surface area (TPSA) is 41.1 Å². The van der Waals surface area contributed by atoms with E-state index in [9.17, 15) is 4.39 Å². The molecule has 1 saturated heterocycles. The van der Waals surface area contributed by atoms with E-state index in [0.717, 1.165) is 36.9 Å². The Kier molecular flexibility index (Phi) is 5.79. The van der Waals surface area contributed by atoms with E-state index in [4.69, 9.17) is 0 Å². The normalized spacial score (nSPS) is 16.3. The summed E-state index contributed by atoms with van der Waals surface area (Å²) < 4.78 is 15.3. The average Bonchev–Trinajstić information content (AvgIpc) is 2.60. The van der Waals surface area contributed by atoms with Gasteiger partial charge in [0.15, 0.2) is 11.6 Å². The van der Waals surface area contributed by atoms with Gasteiger partial charge < -0.3 is 5.32 Å². The zero-order valence-electron chi connectivity index (χ0n) is 13.8. The van der Waals surface area contributed by atoms with Gasteiger partial charge in [-0.3, -0.25) is 4.90 Å². The van der Waals surface area contributed by atoms with Crippen LogP contribution in [0.25, 0.3) is 0 Å². The minimum atomic E-state index is -0.308. The van der Waals surface area contributed by atoms with Crippen molar-refractivity contribution in [3.8, 4) is 0 Å². The number of piperidine rings is 1. The summed E-state index contributed by atoms with van der Waals surface area (Å²) in [6.45, 7) is 4.86. The van der Waals surface area contributed by atoms with Crippen LogP contribution < -0.4 is 5.32 Å². The first kappa shape index (κ1) is 17.3. The van der Waals surface area contributed by atoms with Crippen LogP contribution in [0.15, 0.2) is 35.1 Å². The Hall–Kier alpha value is -1.53. The minimum Gasteiger partial charge on any atom is -0.365 e. The van der Waals surface area contributed by atoms with E-state index in [1.165, 1.54) is 11.9 Å². The summed E-state index contributed by atoms with van der Waals surface area (Å²) in [5.41, 5.74) is 1.79. The quantitative estimate of drug-likeness (QED) is 0.833. The van der Waals surface area contributed by atoms with E-state index in [2.05, 4.69) is 60.4 Å². The maximum atomic E-state index is 14.2. The predicted molar refractivity (Wildman–Crippen MR) is 97.4 cm³/mol. The van der Waals surface area contributed by atoms with E-state index in [-0.39, 0.29) is 11.9 Å². The van der Waals surface area contributed by atoms with Gasteiger partial charge in [0.25, 0.3) is 0 Å². The van der Waals surface area contributed by atoms with Crippen LogP contribution in [0, 0.1) is 5.82 Å². The number of nitrogens with zero attached hydrogens (tertiary/aromatic N) is 3. The molecule has 2 aromatic rings. The summed E-state index contributed by atoms with van der Waals surface area (Å²) in [6.07, 6.45) is 3.99. The summed E-state index contributed by atoms with van der Waals surface area (Å²) in [4.78, 5) is 10.5. The number of rotatable bonds is 5. The predicted octanol–water partition coefficient (Wildman–Crippen LogP) is 4.02. The van der Waals surface area contributed by atoms with Crippen LogP contribution in [0.3, 0.4) is 0 Å². The number of halogens is 2. The summed E-state index contributed by atoms with van der Waals surface area (Å²) >= 11 is 3.46. The van der Waals surface area contributed by atoms with Gasteiger partial charge in [0.2, 0.25) is 0 Å². The molecule has 3 rings (SSSR count). The lowest BCUT2D eigenvalue weighted by Crippen LogP contribution is -2.39. The number of hydrogen-bond acceptors (Lipinski definition) is 4. The summed E-state index contributed by atoms with van der Waals surface area (Å²) in [5.74, 6) is 0.0329. The highest BCUT2D eigenvalue weighted by molar-refractivity contribution is 9.10. The third kappa shape index (κ3) is 4.30. The Labute approximate surface area is 150 Å². The van der Waals surface area contributed by atoms with Crippen molar-refractivity contribution >= 4 is 21.7 Å². The zero-order chi connectivity index (χ0) is 16.9. The average molecular weight is 393 g/mol. The van der Waals surface area contributed by atoms with Crippen molar-refractivity contribution in [2.75, 3.05) is 18.4 Å². The van der Waals surface area contributed by atoms with Gasteiger partial charge in [-0.2, -0.15) is 0 Å². The molecule has 1 aromatic carbocycles. The summed E-state index contributed by atoms with van der Waals surface area (Å²) in [5, 5.41) is 3.26. The molecule has 0 atom stereocenters. The number of aryl methyl sites for hydroxylation is 1. The van der Waals surface area contributed by atoms with Gasteiger partial charge in [-0.15, -0.1) is 0 Å². The van der Waals surface area contributed by atoms with Gasteiger partial charge in [-0.1, -0.05) is 35.0 Å². The van der Waals surface area contributed by atoms with Crippen LogP contribution in [0.1, 0.15) is 31.0 Å². The molecule has 2 heterocycles. The van der Waals surface area contributed by atoms with Gasteiger partial charge in [0.1, 0.15) is 6.33 Å². The van der Waals surface area contributed by atoms with Gasteiger partial charge >= 0.3 is 0 Å². The second-order valence-corrected chi connectivity index (χ2v) is 7.07. The molecule has 0 unspecified atom stereocenters. The third-order valence-electron chi connectivity index (χ3n) is 4.44. The Balaban J connectivity index is 1.53. The molecule has 6 heteroatoms. The van der Waals surface area contributed by atoms with Crippen LogP contribution in [-0.2, 0) is 13.0 Å². The van der Waals surface area contributed by atoms with E-state index in [0.29, 0.717) is 17.9 Å². The van der Waals surface area contributed by atoms with Crippen LogP contribution in [0.4, 0.5) is 10.2 Å². The highest BCUT2D eigenvalue weighted by Gasteiger charge is 2.21. The lowest BCUT2D eigenvalue weighted by Gasteiger charge is -2.32. The molecule has 128 valence electrons. The lowest BCUT2D eigenvalue weighted by molar-refractivity contribution is 0.211. The van der Waals surface area contributed by atoms with E-state index in [1.807, 2.05) is 6.92 Å². The van der Waals surface area contributed by atoms with Crippen molar-refractivity contribution in [2.24, 2.45) is 0 Å². The number of anilines is 1. The molecular formula is C18H22BrFN4. The van der Waals surface area contributed by atoms with Crippen molar-refractivity contribution < 1.29 is 4.39 Å². The first-order chi connectivity index (χ1) is 11.7. The molecule has 1 aromatic heterocycles. The molecule has 4 nitrogen and oxygen atoms in total. The van der Waals surface area contributed by atoms with Crippen molar-refractivity contribution in [1.29, 1.82) is 0 Å². The van der Waals surface area contributed by atoms with E-state index in [1.54, 1.807) is 0 Å². The van der Waals surface area contributed by atoms with Crippen LogP contribution in [0.2, 0.25) is 0 Å². The Morgan fingerprint density at radius 1 is 1.21 bits per heavy atom. The summed E-state index contributed by atoms with van der Waals surface area (Å²) in [6, 6.07) is 8.72. The third-order valence-corrected chi connectivity index (χ3v) is 4.97. The Bertz CT molecular complexity index is 669. The SMILES string of the molecule is CCc1ncnc(NC2CCN(Cc3ccc(Br)cc3)CC2)c1F.